The molecule has 1 saturated heterocycles. The first-order valence-electron chi connectivity index (χ1n) is 7.60. The molecule has 4 unspecified atom stereocenters. The maximum Gasteiger partial charge on any atom is 0.482 e. The molecule has 4 atom stereocenters. The van der Waals surface area contributed by atoms with Gasteiger partial charge in [0.25, 0.3) is 0 Å². The van der Waals surface area contributed by atoms with Crippen LogP contribution in [0.15, 0.2) is 0 Å². The molecule has 1 heterocycles. The lowest BCUT2D eigenvalue weighted by atomic mass is 11.8. The van der Waals surface area contributed by atoms with Gasteiger partial charge >= 0.3 is 44.0 Å². The molecule has 10 nitrogen and oxygen atoms in total. The van der Waals surface area contributed by atoms with Crippen LogP contribution in [-0.2, 0) is 29.4 Å². The highest BCUT2D eigenvalue weighted by atomic mass is 28.6. The monoisotopic (exact) mass is 414 g/mol. The summed E-state index contributed by atoms with van der Waals surface area (Å²) in [4.78, 5) is 14.1. The van der Waals surface area contributed by atoms with E-state index in [4.69, 9.17) is 38.5 Å². The predicted molar refractivity (Wildman–Crippen MR) is 84.2 cm³/mol. The highest BCUT2D eigenvalue weighted by Crippen LogP contribution is 2.28. The van der Waals surface area contributed by atoms with Gasteiger partial charge in [-0.05, 0) is 0 Å². The van der Waals surface area contributed by atoms with Crippen molar-refractivity contribution in [3.05, 3.63) is 0 Å². The summed E-state index contributed by atoms with van der Waals surface area (Å²) in [5.41, 5.74) is 0. The standard InChI is InChI=1S/C7H24O10Si5/c1-11-21(6)14-18(3,8)13-19(4,9)15-22(7,12-2)17-20(5,10)16-21/h8-10H,1-7H3/i8T,9T,10T. The summed E-state index contributed by atoms with van der Waals surface area (Å²) >= 11 is 0. The van der Waals surface area contributed by atoms with Crippen molar-refractivity contribution in [2.45, 2.75) is 32.7 Å². The van der Waals surface area contributed by atoms with Gasteiger partial charge in [0.15, 0.2) is 4.29 Å². The fourth-order valence-electron chi connectivity index (χ4n) is 1.95. The van der Waals surface area contributed by atoms with Crippen LogP contribution < -0.4 is 0 Å². The van der Waals surface area contributed by atoms with Crippen molar-refractivity contribution in [3.8, 4) is 0 Å². The third-order valence-electron chi connectivity index (χ3n) is 2.60. The van der Waals surface area contributed by atoms with E-state index < -0.39 is 44.0 Å². The molecule has 0 aromatic heterocycles. The first kappa shape index (κ1) is 16.2. The van der Waals surface area contributed by atoms with E-state index in [1.807, 2.05) is 0 Å². The van der Waals surface area contributed by atoms with E-state index in [-0.39, 0.29) is 0 Å². The Bertz CT molecular complexity index is 360. The molecule has 0 radical (unpaired) electrons. The largest absolute Gasteiger partial charge is 0.482 e. The topological polar surface area (TPSA) is 125 Å². The lowest BCUT2D eigenvalue weighted by Crippen LogP contribution is -2.68. The summed E-state index contributed by atoms with van der Waals surface area (Å²) in [6.07, 6.45) is 0. The van der Waals surface area contributed by atoms with Crippen molar-refractivity contribution in [2.24, 2.45) is 0 Å². The Hall–Kier alpha value is 0.684. The van der Waals surface area contributed by atoms with Gasteiger partial charge in [0.2, 0.25) is 0 Å². The van der Waals surface area contributed by atoms with E-state index in [0.717, 1.165) is 0 Å². The van der Waals surface area contributed by atoms with Gasteiger partial charge in [0, 0.05) is 47.0 Å². The first-order chi connectivity index (χ1) is 11.3. The van der Waals surface area contributed by atoms with Gasteiger partial charge in [0.1, 0.15) is 0 Å². The second-order valence-electron chi connectivity index (χ2n) is 5.23. The van der Waals surface area contributed by atoms with Crippen LogP contribution in [0.1, 0.15) is 0 Å². The average molecular weight is 415 g/mol. The van der Waals surface area contributed by atoms with Crippen molar-refractivity contribution in [1.82, 2.24) is 0 Å². The Balaban J connectivity index is 3.44. The lowest BCUT2D eigenvalue weighted by Gasteiger charge is -2.42. The molecule has 0 amide bonds. The maximum atomic E-state index is 7.37. The fraction of sp³-hybridized carbons (Fsp3) is 1.00. The molecule has 0 spiro atoms. The molecule has 1 aliphatic heterocycles. The minimum atomic E-state index is -3.72. The highest BCUT2D eigenvalue weighted by molar-refractivity contribution is 6.87. The maximum absolute atomic E-state index is 7.37. The molecule has 0 aliphatic carbocycles. The molecule has 1 rings (SSSR count). The highest BCUT2D eigenvalue weighted by Gasteiger charge is 2.60. The van der Waals surface area contributed by atoms with Crippen LogP contribution in [0.2, 0.25) is 32.7 Å². The quantitative estimate of drug-likeness (QED) is 0.492. The van der Waals surface area contributed by atoms with Crippen LogP contribution in [-0.4, -0.2) is 76.9 Å². The zero-order valence-corrected chi connectivity index (χ0v) is 18.6. The average Bonchev–Trinajstić information content (AvgIpc) is 2.53. The summed E-state index contributed by atoms with van der Waals surface area (Å²) in [5, 5.41) is 0. The molecule has 15 heteroatoms. The first-order valence-corrected chi connectivity index (χ1v) is 17.5. The molecule has 22 heavy (non-hydrogen) atoms. The van der Waals surface area contributed by atoms with Crippen LogP contribution in [0.3, 0.4) is 0 Å². The third kappa shape index (κ3) is 5.96. The van der Waals surface area contributed by atoms with Crippen molar-refractivity contribution < 1.29 is 43.8 Å². The molecule has 0 bridgehead atoms. The van der Waals surface area contributed by atoms with Gasteiger partial charge in [0.05, 0.1) is 0 Å². The van der Waals surface area contributed by atoms with Gasteiger partial charge in [-0.15, -0.1) is 0 Å². The van der Waals surface area contributed by atoms with Crippen molar-refractivity contribution in [3.63, 3.8) is 0 Å². The molecule has 1 aliphatic rings. The molecule has 0 aromatic carbocycles. The van der Waals surface area contributed by atoms with Gasteiger partial charge in [-0.25, -0.2) is 0 Å². The minimum absolute atomic E-state index is 1.34. The van der Waals surface area contributed by atoms with Crippen molar-refractivity contribution >= 4 is 44.0 Å². The fourth-order valence-corrected chi connectivity index (χ4v) is 19.5. The normalized spacial score (nSPS) is 53.3. The summed E-state index contributed by atoms with van der Waals surface area (Å²) in [7, 11) is -15.4. The van der Waals surface area contributed by atoms with E-state index in [1.165, 1.54) is 47.0 Å². The Morgan fingerprint density at radius 2 is 0.909 bits per heavy atom. The zero-order chi connectivity index (χ0) is 19.6. The molecular weight excluding hydrogens is 384 g/mol. The number of hydrogen-bond donors (Lipinski definition) is 3. The van der Waals surface area contributed by atoms with E-state index in [2.05, 4.69) is 9.60 Å². The van der Waals surface area contributed by atoms with E-state index >= 15 is 0 Å². The van der Waals surface area contributed by atoms with Gasteiger partial charge in [-0.3, -0.25) is 0 Å². The third-order valence-corrected chi connectivity index (χ3v) is 18.9. The van der Waals surface area contributed by atoms with E-state index in [0.29, 0.717) is 0 Å². The van der Waals surface area contributed by atoms with Gasteiger partial charge in [-0.2, -0.15) is 0 Å². The summed E-state index contributed by atoms with van der Waals surface area (Å²) < 4.78 is 61.5. The van der Waals surface area contributed by atoms with E-state index in [1.54, 1.807) is 0 Å². The van der Waals surface area contributed by atoms with Crippen molar-refractivity contribution in [1.29, 1.82) is 4.29 Å². The van der Waals surface area contributed by atoms with E-state index in [9.17, 15) is 0 Å². The second kappa shape index (κ2) is 6.53. The van der Waals surface area contributed by atoms with Gasteiger partial charge in [-0.1, -0.05) is 0 Å². The number of rotatable bonds is 5. The second-order valence-corrected chi connectivity index (χ2v) is 18.8. The molecular formula is C7H24O10Si5. The van der Waals surface area contributed by atoms with Crippen LogP contribution in [0.4, 0.5) is 0 Å². The lowest BCUT2D eigenvalue weighted by molar-refractivity contribution is 0.0665. The van der Waals surface area contributed by atoms with Crippen LogP contribution in [0.5, 0.6) is 0 Å². The number of hydrogen-bond acceptors (Lipinski definition) is 10. The van der Waals surface area contributed by atoms with Crippen LogP contribution in [0.25, 0.3) is 0 Å². The summed E-state index contributed by atoms with van der Waals surface area (Å²) in [5.74, 6) is 0. The summed E-state index contributed by atoms with van der Waals surface area (Å²) in [6.45, 7) is 7.31. The van der Waals surface area contributed by atoms with Crippen LogP contribution >= 0.6 is 0 Å². The minimum Gasteiger partial charge on any atom is -0.391 e. The van der Waals surface area contributed by atoms with Gasteiger partial charge < -0.3 is 43.8 Å². The molecule has 0 saturated carbocycles. The summed E-state index contributed by atoms with van der Waals surface area (Å²) in [6, 6.07) is 0. The predicted octanol–water partition coefficient (Wildman–Crippen LogP) is -0.804. The van der Waals surface area contributed by atoms with Crippen molar-refractivity contribution in [2.75, 3.05) is 14.2 Å². The zero-order valence-electron chi connectivity index (χ0n) is 16.6. The molecule has 3 N–H and O–H groups in total. The Morgan fingerprint density at radius 3 is 1.14 bits per heavy atom. The Kier molecular flexibility index (Phi) is 4.80. The molecule has 132 valence electrons. The Labute approximate surface area is 139 Å². The Morgan fingerprint density at radius 1 is 0.636 bits per heavy atom. The van der Waals surface area contributed by atoms with Crippen LogP contribution in [0, 0.1) is 0 Å². The molecule has 0 aromatic rings. The molecule has 1 fully saturated rings. The SMILES string of the molecule is [3H]O[Si]1(C)O[Si](C)(O[3H])O[Si](C)(OC)O[Si](C)(O[3H])O[Si](C)(OC)O1. The smallest absolute Gasteiger partial charge is 0.391 e.